The minimum absolute atomic E-state index is 0.170. The summed E-state index contributed by atoms with van der Waals surface area (Å²) in [6.45, 7) is 3.83. The SMILES string of the molecule is Cc1ccc(S(=O)(=O)NCCS(=O)(=O)N2CCc3ccccc32)c(C)c1. The molecule has 0 radical (unpaired) electrons. The molecule has 0 aromatic heterocycles. The van der Waals surface area contributed by atoms with E-state index in [1.165, 1.54) is 10.4 Å². The van der Waals surface area contributed by atoms with Gasteiger partial charge in [0.2, 0.25) is 20.0 Å². The number of anilines is 1. The van der Waals surface area contributed by atoms with Crippen molar-refractivity contribution in [2.45, 2.75) is 25.2 Å². The topological polar surface area (TPSA) is 83.5 Å². The average molecular weight is 395 g/mol. The molecule has 0 atom stereocenters. The number of benzene rings is 2. The first-order valence-electron chi connectivity index (χ1n) is 8.36. The molecule has 2 aromatic carbocycles. The summed E-state index contributed by atoms with van der Waals surface area (Å²) in [6.07, 6.45) is 0.670. The van der Waals surface area contributed by atoms with Crippen molar-refractivity contribution in [2.24, 2.45) is 0 Å². The standard InChI is InChI=1S/C18H22N2O4S2/c1-14-7-8-18(15(2)13-14)26(23,24)19-10-12-25(21,22)20-11-9-16-5-3-4-6-17(16)20/h3-8,13,19H,9-12H2,1-2H3. The van der Waals surface area contributed by atoms with Crippen LogP contribution in [0.3, 0.4) is 0 Å². The zero-order valence-electron chi connectivity index (χ0n) is 14.8. The van der Waals surface area contributed by atoms with Crippen molar-refractivity contribution in [3.8, 4) is 0 Å². The summed E-state index contributed by atoms with van der Waals surface area (Å²) in [7, 11) is -7.34. The fourth-order valence-corrected chi connectivity index (χ4v) is 6.00. The second-order valence-electron chi connectivity index (χ2n) is 6.43. The second kappa shape index (κ2) is 7.02. The van der Waals surface area contributed by atoms with Crippen LogP contribution in [0, 0.1) is 13.8 Å². The fourth-order valence-electron chi connectivity index (χ4n) is 3.19. The van der Waals surface area contributed by atoms with Crippen molar-refractivity contribution in [2.75, 3.05) is 23.1 Å². The van der Waals surface area contributed by atoms with E-state index in [2.05, 4.69) is 4.72 Å². The normalized spacial score (nSPS) is 14.5. The van der Waals surface area contributed by atoms with Crippen LogP contribution in [0.15, 0.2) is 47.4 Å². The largest absolute Gasteiger partial charge is 0.270 e. The molecule has 8 heteroatoms. The molecule has 0 fully saturated rings. The molecule has 140 valence electrons. The molecule has 2 aromatic rings. The quantitative estimate of drug-likeness (QED) is 0.812. The molecule has 0 bridgehead atoms. The smallest absolute Gasteiger partial charge is 0.240 e. The number of nitrogens with one attached hydrogen (secondary N) is 1. The lowest BCUT2D eigenvalue weighted by atomic mass is 10.2. The van der Waals surface area contributed by atoms with Crippen LogP contribution in [0.1, 0.15) is 16.7 Å². The van der Waals surface area contributed by atoms with Crippen LogP contribution in [-0.4, -0.2) is 35.7 Å². The summed E-state index contributed by atoms with van der Waals surface area (Å²) >= 11 is 0. The number of hydrogen-bond donors (Lipinski definition) is 1. The van der Waals surface area contributed by atoms with Crippen molar-refractivity contribution < 1.29 is 16.8 Å². The van der Waals surface area contributed by atoms with Crippen LogP contribution in [0.5, 0.6) is 0 Å². The number of nitrogens with zero attached hydrogens (tertiary/aromatic N) is 1. The van der Waals surface area contributed by atoms with Gasteiger partial charge in [-0.25, -0.2) is 21.6 Å². The molecule has 0 spiro atoms. The van der Waals surface area contributed by atoms with E-state index in [9.17, 15) is 16.8 Å². The highest BCUT2D eigenvalue weighted by atomic mass is 32.2. The van der Waals surface area contributed by atoms with E-state index in [0.29, 0.717) is 24.2 Å². The van der Waals surface area contributed by atoms with Gasteiger partial charge in [0.1, 0.15) is 0 Å². The molecule has 1 heterocycles. The van der Waals surface area contributed by atoms with E-state index in [0.717, 1.165) is 11.1 Å². The molecule has 0 saturated heterocycles. The van der Waals surface area contributed by atoms with Crippen LogP contribution in [0.2, 0.25) is 0 Å². The maximum absolute atomic E-state index is 12.6. The molecule has 0 unspecified atom stereocenters. The molecule has 0 aliphatic carbocycles. The van der Waals surface area contributed by atoms with Crippen molar-refractivity contribution >= 4 is 25.7 Å². The minimum atomic E-state index is -3.75. The number of sulfonamides is 2. The van der Waals surface area contributed by atoms with Gasteiger partial charge in [0.25, 0.3) is 0 Å². The third-order valence-corrected chi connectivity index (χ3v) is 7.84. The van der Waals surface area contributed by atoms with Gasteiger partial charge in [-0.2, -0.15) is 0 Å². The van der Waals surface area contributed by atoms with Crippen LogP contribution in [0.25, 0.3) is 0 Å². The highest BCUT2D eigenvalue weighted by Crippen LogP contribution is 2.29. The fraction of sp³-hybridized carbons (Fsp3) is 0.333. The molecule has 6 nitrogen and oxygen atoms in total. The first kappa shape index (κ1) is 18.9. The maximum Gasteiger partial charge on any atom is 0.240 e. The lowest BCUT2D eigenvalue weighted by Crippen LogP contribution is -2.37. The Morgan fingerprint density at radius 3 is 2.50 bits per heavy atom. The van der Waals surface area contributed by atoms with Crippen molar-refractivity contribution in [3.63, 3.8) is 0 Å². The lowest BCUT2D eigenvalue weighted by Gasteiger charge is -2.19. The lowest BCUT2D eigenvalue weighted by molar-refractivity contribution is 0.579. The van der Waals surface area contributed by atoms with Gasteiger partial charge in [-0.1, -0.05) is 35.9 Å². The van der Waals surface area contributed by atoms with Crippen LogP contribution >= 0.6 is 0 Å². The molecule has 26 heavy (non-hydrogen) atoms. The molecular formula is C18H22N2O4S2. The van der Waals surface area contributed by atoms with E-state index in [1.54, 1.807) is 31.2 Å². The Morgan fingerprint density at radius 2 is 1.77 bits per heavy atom. The van der Waals surface area contributed by atoms with Gasteiger partial charge < -0.3 is 0 Å². The van der Waals surface area contributed by atoms with Crippen LogP contribution in [0.4, 0.5) is 5.69 Å². The predicted octanol–water partition coefficient (Wildman–Crippen LogP) is 1.97. The Hall–Kier alpha value is -1.90. The number of aryl methyl sites for hydroxylation is 2. The van der Waals surface area contributed by atoms with E-state index < -0.39 is 20.0 Å². The first-order chi connectivity index (χ1) is 12.2. The van der Waals surface area contributed by atoms with E-state index in [-0.39, 0.29) is 17.2 Å². The van der Waals surface area contributed by atoms with E-state index >= 15 is 0 Å². The summed E-state index contributed by atoms with van der Waals surface area (Å²) in [4.78, 5) is 0.173. The Morgan fingerprint density at radius 1 is 1.04 bits per heavy atom. The van der Waals surface area contributed by atoms with Gasteiger partial charge in [-0.05, 0) is 43.5 Å². The highest BCUT2D eigenvalue weighted by Gasteiger charge is 2.29. The minimum Gasteiger partial charge on any atom is -0.270 e. The van der Waals surface area contributed by atoms with Gasteiger partial charge in [-0.15, -0.1) is 0 Å². The van der Waals surface area contributed by atoms with Crippen molar-refractivity contribution in [1.82, 2.24) is 4.72 Å². The molecule has 1 N–H and O–H groups in total. The Bertz CT molecular complexity index is 1030. The summed E-state index contributed by atoms with van der Waals surface area (Å²) in [5, 5.41) is 0. The predicted molar refractivity (Wildman–Crippen MR) is 102 cm³/mol. The second-order valence-corrected chi connectivity index (χ2v) is 10.2. The van der Waals surface area contributed by atoms with Gasteiger partial charge >= 0.3 is 0 Å². The molecule has 1 aliphatic rings. The van der Waals surface area contributed by atoms with Crippen LogP contribution < -0.4 is 9.03 Å². The third kappa shape index (κ3) is 3.77. The molecular weight excluding hydrogens is 372 g/mol. The number of fused-ring (bicyclic) bond motifs is 1. The average Bonchev–Trinajstić information content (AvgIpc) is 2.99. The zero-order chi connectivity index (χ0) is 18.9. The van der Waals surface area contributed by atoms with Crippen LogP contribution in [-0.2, 0) is 26.5 Å². The molecule has 1 aliphatic heterocycles. The van der Waals surface area contributed by atoms with E-state index in [4.69, 9.17) is 0 Å². The highest BCUT2D eigenvalue weighted by molar-refractivity contribution is 7.93. The summed E-state index contributed by atoms with van der Waals surface area (Å²) in [6, 6.07) is 12.4. The zero-order valence-corrected chi connectivity index (χ0v) is 16.4. The number of rotatable bonds is 6. The Balaban J connectivity index is 1.69. The summed E-state index contributed by atoms with van der Waals surface area (Å²) in [5.74, 6) is -0.286. The third-order valence-electron chi connectivity index (χ3n) is 4.45. The van der Waals surface area contributed by atoms with Gasteiger partial charge in [0.15, 0.2) is 0 Å². The number of hydrogen-bond acceptors (Lipinski definition) is 4. The molecule has 0 amide bonds. The van der Waals surface area contributed by atoms with Gasteiger partial charge in [-0.3, -0.25) is 4.31 Å². The van der Waals surface area contributed by atoms with E-state index in [1.807, 2.05) is 19.1 Å². The number of para-hydroxylation sites is 1. The first-order valence-corrected chi connectivity index (χ1v) is 11.5. The monoisotopic (exact) mass is 394 g/mol. The summed E-state index contributed by atoms with van der Waals surface area (Å²) < 4.78 is 53.9. The van der Waals surface area contributed by atoms with Gasteiger partial charge in [0.05, 0.1) is 16.3 Å². The maximum atomic E-state index is 12.6. The Kier molecular flexibility index (Phi) is 5.09. The molecule has 3 rings (SSSR count). The summed E-state index contributed by atoms with van der Waals surface area (Å²) in [5.41, 5.74) is 3.28. The molecule has 0 saturated carbocycles. The van der Waals surface area contributed by atoms with Gasteiger partial charge in [0, 0.05) is 13.1 Å². The van der Waals surface area contributed by atoms with Crippen molar-refractivity contribution in [1.29, 1.82) is 0 Å². The Labute approximate surface area is 155 Å². The van der Waals surface area contributed by atoms with Crippen molar-refractivity contribution in [3.05, 3.63) is 59.2 Å².